The molecule has 0 bridgehead atoms. The molecular weight excluding hydrogens is 436 g/mol. The van der Waals surface area contributed by atoms with Gasteiger partial charge >= 0.3 is 5.97 Å². The Hall–Kier alpha value is -3.16. The van der Waals surface area contributed by atoms with Gasteiger partial charge in [-0.05, 0) is 60.2 Å². The molecule has 7 heteroatoms. The highest BCUT2D eigenvalue weighted by Crippen LogP contribution is 2.18. The second-order valence-electron chi connectivity index (χ2n) is 7.85. The largest absolute Gasteiger partial charge is 0.497 e. The lowest BCUT2D eigenvalue weighted by atomic mass is 10.1. The summed E-state index contributed by atoms with van der Waals surface area (Å²) in [6, 6.07) is 19.4. The number of methoxy groups -OCH3 is 2. The van der Waals surface area contributed by atoms with E-state index in [9.17, 15) is 9.59 Å². The summed E-state index contributed by atoms with van der Waals surface area (Å²) in [6.07, 6.45) is 0.885. The van der Waals surface area contributed by atoms with Crippen molar-refractivity contribution in [2.45, 2.75) is 32.5 Å². The maximum Gasteiger partial charge on any atom is 0.337 e. The van der Waals surface area contributed by atoms with E-state index in [0.717, 1.165) is 23.3 Å². The van der Waals surface area contributed by atoms with Gasteiger partial charge in [0.25, 0.3) is 0 Å². The Kier molecular flexibility index (Phi) is 9.04. The van der Waals surface area contributed by atoms with Crippen LogP contribution in [0.4, 0.5) is 0 Å². The van der Waals surface area contributed by atoms with E-state index in [2.05, 4.69) is 34.7 Å². The first kappa shape index (κ1) is 24.5. The van der Waals surface area contributed by atoms with Crippen molar-refractivity contribution in [2.24, 2.45) is 0 Å². The van der Waals surface area contributed by atoms with Crippen LogP contribution in [-0.2, 0) is 29.0 Å². The Balaban J connectivity index is 1.62. The highest BCUT2D eigenvalue weighted by molar-refractivity contribution is 7.09. The molecular formula is C26H30N2O4S. The van der Waals surface area contributed by atoms with Gasteiger partial charge in [-0.3, -0.25) is 9.69 Å². The van der Waals surface area contributed by atoms with Gasteiger partial charge in [0.1, 0.15) is 5.75 Å². The Morgan fingerprint density at radius 1 is 1.00 bits per heavy atom. The molecule has 0 spiro atoms. The number of amides is 1. The summed E-state index contributed by atoms with van der Waals surface area (Å²) in [7, 11) is 3.01. The summed E-state index contributed by atoms with van der Waals surface area (Å²) < 4.78 is 9.97. The van der Waals surface area contributed by atoms with Gasteiger partial charge in [0.15, 0.2) is 0 Å². The summed E-state index contributed by atoms with van der Waals surface area (Å²) in [6.45, 7) is 3.51. The number of esters is 1. The summed E-state index contributed by atoms with van der Waals surface area (Å²) in [5, 5.41) is 5.07. The number of rotatable bonds is 11. The molecule has 174 valence electrons. The average Bonchev–Trinajstić information content (AvgIpc) is 3.35. The molecule has 1 N–H and O–H groups in total. The molecule has 0 aliphatic carbocycles. The molecule has 1 aromatic heterocycles. The van der Waals surface area contributed by atoms with Crippen LogP contribution in [0.1, 0.15) is 33.3 Å². The molecule has 0 saturated heterocycles. The van der Waals surface area contributed by atoms with Crippen molar-refractivity contribution in [3.63, 3.8) is 0 Å². The molecule has 1 unspecified atom stereocenters. The van der Waals surface area contributed by atoms with Crippen molar-refractivity contribution in [3.8, 4) is 5.75 Å². The van der Waals surface area contributed by atoms with Gasteiger partial charge in [0.2, 0.25) is 5.91 Å². The third kappa shape index (κ3) is 7.44. The second kappa shape index (κ2) is 12.2. The molecule has 0 radical (unpaired) electrons. The van der Waals surface area contributed by atoms with Gasteiger partial charge in [-0.15, -0.1) is 11.3 Å². The predicted octanol–water partition coefficient (Wildman–Crippen LogP) is 4.29. The van der Waals surface area contributed by atoms with Gasteiger partial charge in [-0.1, -0.05) is 30.3 Å². The average molecular weight is 467 g/mol. The Morgan fingerprint density at radius 2 is 1.70 bits per heavy atom. The zero-order valence-corrected chi connectivity index (χ0v) is 20.1. The summed E-state index contributed by atoms with van der Waals surface area (Å²) >= 11 is 1.73. The van der Waals surface area contributed by atoms with Crippen LogP contribution >= 0.6 is 11.3 Å². The van der Waals surface area contributed by atoms with Crippen LogP contribution in [0.15, 0.2) is 66.0 Å². The number of nitrogens with zero attached hydrogens (tertiary/aromatic N) is 1. The van der Waals surface area contributed by atoms with Gasteiger partial charge in [-0.2, -0.15) is 0 Å². The number of nitrogens with one attached hydrogen (secondary N) is 1. The van der Waals surface area contributed by atoms with Gasteiger partial charge < -0.3 is 14.8 Å². The first-order valence-electron chi connectivity index (χ1n) is 10.8. The molecule has 0 aliphatic rings. The van der Waals surface area contributed by atoms with Crippen LogP contribution in [0, 0.1) is 0 Å². The molecule has 0 fully saturated rings. The molecule has 0 saturated carbocycles. The third-order valence-electron chi connectivity index (χ3n) is 5.46. The molecule has 3 aromatic rings. The highest BCUT2D eigenvalue weighted by Gasteiger charge is 2.19. The quantitative estimate of drug-likeness (QED) is 0.427. The Labute approximate surface area is 199 Å². The molecule has 1 heterocycles. The van der Waals surface area contributed by atoms with Gasteiger partial charge in [-0.25, -0.2) is 4.79 Å². The minimum Gasteiger partial charge on any atom is -0.497 e. The summed E-state index contributed by atoms with van der Waals surface area (Å²) in [5.74, 6) is 0.394. The molecule has 6 nitrogen and oxygen atoms in total. The second-order valence-corrected chi connectivity index (χ2v) is 8.88. The molecule has 0 aliphatic heterocycles. The van der Waals surface area contributed by atoms with E-state index in [1.165, 1.54) is 12.0 Å². The van der Waals surface area contributed by atoms with Crippen LogP contribution < -0.4 is 10.1 Å². The molecule has 1 amide bonds. The van der Waals surface area contributed by atoms with Crippen LogP contribution in [0.3, 0.4) is 0 Å². The zero-order valence-electron chi connectivity index (χ0n) is 19.2. The number of carbonyl (C=O) groups is 2. The van der Waals surface area contributed by atoms with E-state index >= 15 is 0 Å². The van der Waals surface area contributed by atoms with E-state index in [1.807, 2.05) is 36.4 Å². The molecule has 2 aromatic carbocycles. The number of hydrogen-bond acceptors (Lipinski definition) is 6. The lowest BCUT2D eigenvalue weighted by molar-refractivity contribution is -0.123. The fraction of sp³-hybridized carbons (Fsp3) is 0.308. The molecule has 1 atom stereocenters. The highest BCUT2D eigenvalue weighted by atomic mass is 32.1. The first-order valence-corrected chi connectivity index (χ1v) is 11.7. The minimum absolute atomic E-state index is 0.0430. The van der Waals surface area contributed by atoms with E-state index in [0.29, 0.717) is 25.2 Å². The number of carbonyl (C=O) groups excluding carboxylic acids is 2. The van der Waals surface area contributed by atoms with Crippen molar-refractivity contribution >= 4 is 23.2 Å². The van der Waals surface area contributed by atoms with Crippen molar-refractivity contribution < 1.29 is 19.1 Å². The number of benzene rings is 2. The Morgan fingerprint density at radius 3 is 2.30 bits per heavy atom. The zero-order chi connectivity index (χ0) is 23.6. The fourth-order valence-corrected chi connectivity index (χ4v) is 4.33. The predicted molar refractivity (Wildman–Crippen MR) is 131 cm³/mol. The first-order chi connectivity index (χ1) is 16.0. The summed E-state index contributed by atoms with van der Waals surface area (Å²) in [5.41, 5.74) is 2.53. The van der Waals surface area contributed by atoms with Crippen LogP contribution in [-0.4, -0.2) is 43.6 Å². The minimum atomic E-state index is -0.375. The maximum atomic E-state index is 12.8. The van der Waals surface area contributed by atoms with Gasteiger partial charge in [0, 0.05) is 24.0 Å². The molecule has 3 rings (SSSR count). The SMILES string of the molecule is COC(=O)c1ccc(CNC(=O)CN(Cc2ccc(OC)cc2)C(C)Cc2cccs2)cc1. The third-order valence-corrected chi connectivity index (χ3v) is 6.35. The number of ether oxygens (including phenoxy) is 2. The van der Waals surface area contributed by atoms with E-state index < -0.39 is 0 Å². The maximum absolute atomic E-state index is 12.8. The lowest BCUT2D eigenvalue weighted by Crippen LogP contribution is -2.42. The monoisotopic (exact) mass is 466 g/mol. The fourth-order valence-electron chi connectivity index (χ4n) is 3.50. The van der Waals surface area contributed by atoms with Crippen molar-refractivity contribution in [3.05, 3.63) is 87.6 Å². The van der Waals surface area contributed by atoms with Crippen LogP contribution in [0.25, 0.3) is 0 Å². The topological polar surface area (TPSA) is 67.9 Å². The number of thiophene rings is 1. The smallest absolute Gasteiger partial charge is 0.337 e. The Bertz CT molecular complexity index is 1020. The van der Waals surface area contributed by atoms with E-state index in [4.69, 9.17) is 9.47 Å². The lowest BCUT2D eigenvalue weighted by Gasteiger charge is -2.28. The van der Waals surface area contributed by atoms with Crippen molar-refractivity contribution in [2.75, 3.05) is 20.8 Å². The van der Waals surface area contributed by atoms with Crippen LogP contribution in [0.5, 0.6) is 5.75 Å². The van der Waals surface area contributed by atoms with Crippen molar-refractivity contribution in [1.29, 1.82) is 0 Å². The number of hydrogen-bond donors (Lipinski definition) is 1. The standard InChI is InChI=1S/C26H30N2O4S/c1-19(15-24-5-4-14-33-24)28(17-21-8-12-23(31-2)13-9-21)18-25(29)27-16-20-6-10-22(11-7-20)26(30)32-3/h4-14,19H,15-18H2,1-3H3,(H,27,29). The summed E-state index contributed by atoms with van der Waals surface area (Å²) in [4.78, 5) is 27.9. The van der Waals surface area contributed by atoms with E-state index in [-0.39, 0.29) is 17.9 Å². The molecule has 33 heavy (non-hydrogen) atoms. The van der Waals surface area contributed by atoms with E-state index in [1.54, 1.807) is 30.6 Å². The van der Waals surface area contributed by atoms with Crippen molar-refractivity contribution in [1.82, 2.24) is 10.2 Å². The van der Waals surface area contributed by atoms with Gasteiger partial charge in [0.05, 0.1) is 26.3 Å². The normalized spacial score (nSPS) is 11.8. The van der Waals surface area contributed by atoms with Crippen LogP contribution in [0.2, 0.25) is 0 Å².